The molecule has 3 heterocycles. The number of likely N-dealkylation sites (N-methyl/N-ethyl adjacent to an activating group) is 1. The van der Waals surface area contributed by atoms with Gasteiger partial charge in [-0.1, -0.05) is 12.8 Å². The van der Waals surface area contributed by atoms with Crippen LogP contribution in [0.4, 0.5) is 9.59 Å². The Hall–Kier alpha value is -5.36. The Morgan fingerprint density at radius 1 is 0.821 bits per heavy atom. The third-order valence-corrected chi connectivity index (χ3v) is 11.3. The van der Waals surface area contributed by atoms with Crippen molar-refractivity contribution in [2.75, 3.05) is 51.1 Å². The van der Waals surface area contributed by atoms with Crippen LogP contribution in [0.25, 0.3) is 22.5 Å². The standard InChI is InChI=1S/C38H46N8O8S2/c1-46(36(48)35(45-38(50)52-3)23-6-4-5-7-23)22-56-15-13-33-40-19-27(44-33)25-9-11-29-31(17-25)54-28-10-8-24(16-30(28)53-29)26-18-39-32(43-26)12-14-55-21-42-34(47)20-41-37(49)51-2/h8-11,16-19,23,35H,4-7,12-15,20-22H2,1-3H3,(H,39,43)(H,40,44)(H,41,49)(H,42,47)(H,45,50). The van der Waals surface area contributed by atoms with Gasteiger partial charge in [-0.3, -0.25) is 9.59 Å². The number of aromatic amines is 2. The Bertz CT molecular complexity index is 2000. The van der Waals surface area contributed by atoms with E-state index in [1.54, 1.807) is 47.9 Å². The van der Waals surface area contributed by atoms with Crippen LogP contribution in [0.5, 0.6) is 23.0 Å². The third-order valence-electron chi connectivity index (χ3n) is 9.38. The smallest absolute Gasteiger partial charge is 0.407 e. The van der Waals surface area contributed by atoms with Gasteiger partial charge in [0.25, 0.3) is 0 Å². The van der Waals surface area contributed by atoms with Crippen LogP contribution < -0.4 is 25.4 Å². The lowest BCUT2D eigenvalue weighted by Gasteiger charge is -2.27. The molecule has 1 saturated carbocycles. The summed E-state index contributed by atoms with van der Waals surface area (Å²) in [5, 5.41) is 7.82. The highest BCUT2D eigenvalue weighted by molar-refractivity contribution is 7.99. The molecule has 4 amide bonds. The molecular formula is C38H46N8O8S2. The van der Waals surface area contributed by atoms with Gasteiger partial charge in [0.2, 0.25) is 11.8 Å². The number of thioether (sulfide) groups is 2. The van der Waals surface area contributed by atoms with Gasteiger partial charge in [0.1, 0.15) is 24.2 Å². The molecule has 298 valence electrons. The van der Waals surface area contributed by atoms with E-state index in [9.17, 15) is 19.2 Å². The highest BCUT2D eigenvalue weighted by Gasteiger charge is 2.34. The number of H-pyrrole nitrogens is 2. The summed E-state index contributed by atoms with van der Waals surface area (Å²) in [6.07, 6.45) is 7.68. The Morgan fingerprint density at radius 2 is 1.39 bits per heavy atom. The van der Waals surface area contributed by atoms with E-state index >= 15 is 0 Å². The van der Waals surface area contributed by atoms with E-state index in [-0.39, 0.29) is 24.3 Å². The summed E-state index contributed by atoms with van der Waals surface area (Å²) >= 11 is 3.17. The van der Waals surface area contributed by atoms with E-state index in [4.69, 9.17) is 14.2 Å². The van der Waals surface area contributed by atoms with Crippen LogP contribution in [0.2, 0.25) is 0 Å². The van der Waals surface area contributed by atoms with Crippen molar-refractivity contribution in [3.8, 4) is 45.5 Å². The van der Waals surface area contributed by atoms with Crippen LogP contribution in [0.3, 0.4) is 0 Å². The molecule has 0 bridgehead atoms. The predicted molar refractivity (Wildman–Crippen MR) is 213 cm³/mol. The molecule has 0 radical (unpaired) electrons. The molecule has 5 N–H and O–H groups in total. The normalized spacial score (nSPS) is 13.7. The molecule has 2 aliphatic rings. The van der Waals surface area contributed by atoms with Crippen LogP contribution in [0.1, 0.15) is 37.3 Å². The van der Waals surface area contributed by atoms with E-state index in [0.29, 0.717) is 47.6 Å². The highest BCUT2D eigenvalue weighted by atomic mass is 32.2. The Morgan fingerprint density at radius 3 is 1.96 bits per heavy atom. The molecule has 56 heavy (non-hydrogen) atoms. The lowest BCUT2D eigenvalue weighted by molar-refractivity contribution is -0.132. The van der Waals surface area contributed by atoms with Crippen molar-refractivity contribution >= 4 is 47.5 Å². The summed E-state index contributed by atoms with van der Waals surface area (Å²) in [5.74, 6) is 6.17. The summed E-state index contributed by atoms with van der Waals surface area (Å²) in [6.45, 7) is -0.141. The number of amides is 4. The van der Waals surface area contributed by atoms with E-state index in [2.05, 4.69) is 40.6 Å². The Balaban J connectivity index is 0.954. The number of benzene rings is 2. The number of ether oxygens (including phenoxy) is 4. The molecule has 18 heteroatoms. The molecule has 16 nitrogen and oxygen atoms in total. The first-order chi connectivity index (χ1) is 27.2. The van der Waals surface area contributed by atoms with Gasteiger partial charge in [-0.15, -0.1) is 23.5 Å². The maximum absolute atomic E-state index is 13.2. The molecule has 2 aromatic carbocycles. The molecule has 0 spiro atoms. The number of nitrogens with one attached hydrogen (secondary N) is 5. The number of imidazole rings is 2. The monoisotopic (exact) mass is 806 g/mol. The van der Waals surface area contributed by atoms with Crippen LogP contribution in [0.15, 0.2) is 48.8 Å². The number of carbonyl (C=O) groups excluding carboxylic acids is 4. The summed E-state index contributed by atoms with van der Waals surface area (Å²) in [6, 6.07) is 10.9. The average molecular weight is 807 g/mol. The van der Waals surface area contributed by atoms with Gasteiger partial charge in [0, 0.05) is 42.5 Å². The fourth-order valence-electron chi connectivity index (χ4n) is 6.38. The SMILES string of the molecule is COC(=O)NCC(=O)NCSCCc1ncc(-c2ccc3c(c2)Oc2ccc(-c4cnc(CCSCN(C)C(=O)C(NC(=O)OC)C5CCCC5)[nH]4)cc2O3)[nH]1. The molecule has 1 unspecified atom stereocenters. The lowest BCUT2D eigenvalue weighted by atomic mass is 9.97. The summed E-state index contributed by atoms with van der Waals surface area (Å²) in [5.41, 5.74) is 3.50. The van der Waals surface area contributed by atoms with Crippen molar-refractivity contribution in [3.63, 3.8) is 0 Å². The van der Waals surface area contributed by atoms with Crippen molar-refractivity contribution in [1.82, 2.24) is 40.8 Å². The number of rotatable bonds is 17. The molecule has 6 rings (SSSR count). The van der Waals surface area contributed by atoms with Crippen molar-refractivity contribution in [2.45, 2.75) is 44.6 Å². The van der Waals surface area contributed by atoms with Crippen molar-refractivity contribution < 1.29 is 38.1 Å². The number of hydrogen-bond acceptors (Lipinski definition) is 12. The largest absolute Gasteiger partial charge is 0.453 e. The van der Waals surface area contributed by atoms with E-state index in [0.717, 1.165) is 71.4 Å². The minimum absolute atomic E-state index is 0.0954. The van der Waals surface area contributed by atoms with E-state index in [1.165, 1.54) is 14.2 Å². The summed E-state index contributed by atoms with van der Waals surface area (Å²) < 4.78 is 21.7. The lowest BCUT2D eigenvalue weighted by Crippen LogP contribution is -2.50. The molecule has 1 aliphatic heterocycles. The van der Waals surface area contributed by atoms with Gasteiger partial charge in [-0.05, 0) is 55.2 Å². The van der Waals surface area contributed by atoms with Crippen LogP contribution in [-0.4, -0.2) is 106 Å². The first-order valence-corrected chi connectivity index (χ1v) is 20.6. The number of aryl methyl sites for hydroxylation is 2. The van der Waals surface area contributed by atoms with Gasteiger partial charge in [0.05, 0.1) is 49.8 Å². The minimum atomic E-state index is -0.652. The molecule has 1 aliphatic carbocycles. The van der Waals surface area contributed by atoms with Crippen molar-refractivity contribution in [2.24, 2.45) is 5.92 Å². The van der Waals surface area contributed by atoms with Crippen LogP contribution >= 0.6 is 23.5 Å². The molecular weight excluding hydrogens is 761 g/mol. The molecule has 0 saturated heterocycles. The second-order valence-electron chi connectivity index (χ2n) is 13.2. The second kappa shape index (κ2) is 19.5. The minimum Gasteiger partial charge on any atom is -0.453 e. The Labute approximate surface area is 333 Å². The maximum Gasteiger partial charge on any atom is 0.407 e. The summed E-state index contributed by atoms with van der Waals surface area (Å²) in [4.78, 5) is 65.5. The van der Waals surface area contributed by atoms with Crippen molar-refractivity contribution in [1.29, 1.82) is 0 Å². The predicted octanol–water partition coefficient (Wildman–Crippen LogP) is 5.68. The first kappa shape index (κ1) is 40.3. The van der Waals surface area contributed by atoms with Crippen molar-refractivity contribution in [3.05, 3.63) is 60.4 Å². The number of hydrogen-bond donors (Lipinski definition) is 5. The molecule has 1 atom stereocenters. The van der Waals surface area contributed by atoms with Crippen LogP contribution in [-0.2, 0) is 31.9 Å². The third kappa shape index (κ3) is 10.7. The number of methoxy groups -OCH3 is 2. The average Bonchev–Trinajstić information content (AvgIpc) is 4.02. The quantitative estimate of drug-likeness (QED) is 0.0570. The van der Waals surface area contributed by atoms with Gasteiger partial charge >= 0.3 is 12.2 Å². The van der Waals surface area contributed by atoms with Gasteiger partial charge in [0.15, 0.2) is 23.0 Å². The number of alkyl carbamates (subject to hydrolysis) is 2. The second-order valence-corrected chi connectivity index (χ2v) is 15.4. The summed E-state index contributed by atoms with van der Waals surface area (Å²) in [7, 11) is 4.32. The zero-order chi connectivity index (χ0) is 39.4. The number of aromatic nitrogens is 4. The molecule has 2 aromatic heterocycles. The van der Waals surface area contributed by atoms with E-state index in [1.807, 2.05) is 36.4 Å². The fourth-order valence-corrected chi connectivity index (χ4v) is 7.99. The molecule has 1 fully saturated rings. The number of carbonyl (C=O) groups is 4. The van der Waals surface area contributed by atoms with Gasteiger partial charge in [-0.2, -0.15) is 0 Å². The zero-order valence-corrected chi connectivity index (χ0v) is 33.1. The topological polar surface area (TPSA) is 202 Å². The number of fused-ring (bicyclic) bond motifs is 2. The highest BCUT2D eigenvalue weighted by Crippen LogP contribution is 2.47. The van der Waals surface area contributed by atoms with Gasteiger partial charge in [-0.25, -0.2) is 19.6 Å². The Kier molecular flexibility index (Phi) is 14.0. The first-order valence-electron chi connectivity index (χ1n) is 18.3. The van der Waals surface area contributed by atoms with Gasteiger partial charge < -0.3 is 49.8 Å². The van der Waals surface area contributed by atoms with Crippen LogP contribution in [0, 0.1) is 5.92 Å². The zero-order valence-electron chi connectivity index (χ0n) is 31.5. The fraction of sp³-hybridized carbons (Fsp3) is 0.421. The van der Waals surface area contributed by atoms with E-state index < -0.39 is 18.2 Å². The molecule has 4 aromatic rings. The number of nitrogens with zero attached hydrogens (tertiary/aromatic N) is 3. The maximum atomic E-state index is 13.2.